The SMILES string of the molecule is c1ccc(-c2nc(-c3ccc(-c4ccc5ccccc5c4)cc3)cc(-c3c4ccccc4c(-c4ccccc4)c4c3ccc3ccccc34)n2)cc1. The number of hydrogen-bond donors (Lipinski definition) is 0. The zero-order valence-corrected chi connectivity index (χ0v) is 28.4. The van der Waals surface area contributed by atoms with E-state index in [4.69, 9.17) is 9.97 Å². The van der Waals surface area contributed by atoms with E-state index in [0.717, 1.165) is 28.1 Å². The Bertz CT molecular complexity index is 2930. The predicted octanol–water partition coefficient (Wildman–Crippen LogP) is 13.4. The van der Waals surface area contributed by atoms with Gasteiger partial charge in [0.25, 0.3) is 0 Å². The van der Waals surface area contributed by atoms with E-state index in [2.05, 4.69) is 188 Å². The summed E-state index contributed by atoms with van der Waals surface area (Å²) in [6.07, 6.45) is 0. The molecule has 1 heterocycles. The summed E-state index contributed by atoms with van der Waals surface area (Å²) in [6, 6.07) is 69.3. The molecule has 0 atom stereocenters. The number of nitrogens with zero attached hydrogens (tertiary/aromatic N) is 2. The van der Waals surface area contributed by atoms with E-state index in [1.165, 1.54) is 65.3 Å². The van der Waals surface area contributed by atoms with Gasteiger partial charge in [0.05, 0.1) is 11.4 Å². The summed E-state index contributed by atoms with van der Waals surface area (Å²) in [7, 11) is 0. The molecule has 0 saturated carbocycles. The highest BCUT2D eigenvalue weighted by Gasteiger charge is 2.21. The van der Waals surface area contributed by atoms with Gasteiger partial charge in [-0.3, -0.25) is 0 Å². The molecule has 0 aliphatic carbocycles. The van der Waals surface area contributed by atoms with Crippen molar-refractivity contribution in [2.75, 3.05) is 0 Å². The van der Waals surface area contributed by atoms with Crippen LogP contribution < -0.4 is 0 Å². The molecule has 0 N–H and O–H groups in total. The molecule has 10 aromatic rings. The van der Waals surface area contributed by atoms with E-state index in [1.807, 2.05) is 6.07 Å². The Morgan fingerprint density at radius 2 is 0.808 bits per heavy atom. The second-order valence-corrected chi connectivity index (χ2v) is 13.3. The summed E-state index contributed by atoms with van der Waals surface area (Å²) >= 11 is 0. The molecule has 0 unspecified atom stereocenters. The molecular weight excluding hydrogens is 629 g/mol. The number of aromatic nitrogens is 2. The Morgan fingerprint density at radius 3 is 1.56 bits per heavy atom. The van der Waals surface area contributed by atoms with Crippen molar-refractivity contribution in [2.24, 2.45) is 0 Å². The molecule has 0 fully saturated rings. The molecule has 2 heteroatoms. The van der Waals surface area contributed by atoms with E-state index in [0.29, 0.717) is 5.82 Å². The van der Waals surface area contributed by atoms with Gasteiger partial charge in [-0.25, -0.2) is 9.97 Å². The van der Waals surface area contributed by atoms with Crippen molar-refractivity contribution in [1.82, 2.24) is 9.97 Å². The Balaban J connectivity index is 1.23. The Labute approximate surface area is 302 Å². The lowest BCUT2D eigenvalue weighted by atomic mass is 9.85. The van der Waals surface area contributed by atoms with Crippen molar-refractivity contribution in [2.45, 2.75) is 0 Å². The predicted molar refractivity (Wildman–Crippen MR) is 219 cm³/mol. The van der Waals surface area contributed by atoms with Crippen LogP contribution in [0.25, 0.3) is 99.2 Å². The first kappa shape index (κ1) is 30.0. The molecule has 242 valence electrons. The van der Waals surface area contributed by atoms with Crippen molar-refractivity contribution < 1.29 is 0 Å². The van der Waals surface area contributed by atoms with Crippen molar-refractivity contribution in [3.8, 4) is 56.2 Å². The zero-order chi connectivity index (χ0) is 34.4. The third-order valence-corrected chi connectivity index (χ3v) is 10.3. The first-order valence-corrected chi connectivity index (χ1v) is 17.7. The summed E-state index contributed by atoms with van der Waals surface area (Å²) in [4.78, 5) is 10.6. The number of fused-ring (bicyclic) bond motifs is 5. The second kappa shape index (κ2) is 12.5. The van der Waals surface area contributed by atoms with Crippen LogP contribution in [0.15, 0.2) is 194 Å². The van der Waals surface area contributed by atoms with Crippen molar-refractivity contribution in [3.05, 3.63) is 194 Å². The van der Waals surface area contributed by atoms with Crippen LogP contribution in [0.2, 0.25) is 0 Å². The van der Waals surface area contributed by atoms with Gasteiger partial charge in [-0.15, -0.1) is 0 Å². The lowest BCUT2D eigenvalue weighted by Crippen LogP contribution is -1.98. The van der Waals surface area contributed by atoms with E-state index >= 15 is 0 Å². The average molecular weight is 661 g/mol. The average Bonchev–Trinajstić information content (AvgIpc) is 3.23. The first-order valence-electron chi connectivity index (χ1n) is 17.7. The fourth-order valence-electron chi connectivity index (χ4n) is 7.77. The van der Waals surface area contributed by atoms with Crippen LogP contribution in [-0.2, 0) is 0 Å². The van der Waals surface area contributed by atoms with Gasteiger partial charge in [0, 0.05) is 16.7 Å². The number of hydrogen-bond acceptors (Lipinski definition) is 2. The van der Waals surface area contributed by atoms with Gasteiger partial charge in [-0.1, -0.05) is 182 Å². The van der Waals surface area contributed by atoms with Gasteiger partial charge in [-0.2, -0.15) is 0 Å². The van der Waals surface area contributed by atoms with Crippen LogP contribution in [-0.4, -0.2) is 9.97 Å². The van der Waals surface area contributed by atoms with E-state index in [1.54, 1.807) is 0 Å². The zero-order valence-electron chi connectivity index (χ0n) is 28.4. The summed E-state index contributed by atoms with van der Waals surface area (Å²) in [5.74, 6) is 0.705. The molecule has 9 aromatic carbocycles. The summed E-state index contributed by atoms with van der Waals surface area (Å²) in [5.41, 5.74) is 9.75. The van der Waals surface area contributed by atoms with E-state index in [9.17, 15) is 0 Å². The first-order chi connectivity index (χ1) is 25.8. The quantitative estimate of drug-likeness (QED) is 0.136. The topological polar surface area (TPSA) is 25.8 Å². The third kappa shape index (κ3) is 5.12. The molecule has 10 rings (SSSR count). The van der Waals surface area contributed by atoms with Crippen LogP contribution in [0.1, 0.15) is 0 Å². The van der Waals surface area contributed by atoms with Crippen LogP contribution in [0.3, 0.4) is 0 Å². The van der Waals surface area contributed by atoms with Gasteiger partial charge >= 0.3 is 0 Å². The van der Waals surface area contributed by atoms with Crippen LogP contribution in [0.4, 0.5) is 0 Å². The highest BCUT2D eigenvalue weighted by molar-refractivity contribution is 6.27. The van der Waals surface area contributed by atoms with Crippen molar-refractivity contribution in [3.63, 3.8) is 0 Å². The Kier molecular flexibility index (Phi) is 7.18. The molecule has 0 aliphatic rings. The smallest absolute Gasteiger partial charge is 0.160 e. The van der Waals surface area contributed by atoms with Crippen molar-refractivity contribution in [1.29, 1.82) is 0 Å². The summed E-state index contributed by atoms with van der Waals surface area (Å²) < 4.78 is 0. The molecule has 0 radical (unpaired) electrons. The van der Waals surface area contributed by atoms with Gasteiger partial charge in [0.1, 0.15) is 0 Å². The third-order valence-electron chi connectivity index (χ3n) is 10.3. The second-order valence-electron chi connectivity index (χ2n) is 13.3. The molecular formula is C50H32N2. The van der Waals surface area contributed by atoms with Crippen LogP contribution in [0, 0.1) is 0 Å². The monoisotopic (exact) mass is 660 g/mol. The van der Waals surface area contributed by atoms with Crippen LogP contribution in [0.5, 0.6) is 0 Å². The summed E-state index contributed by atoms with van der Waals surface area (Å²) in [6.45, 7) is 0. The maximum absolute atomic E-state index is 5.37. The minimum absolute atomic E-state index is 0.705. The molecule has 0 spiro atoms. The Morgan fingerprint density at radius 1 is 0.269 bits per heavy atom. The lowest BCUT2D eigenvalue weighted by molar-refractivity contribution is 1.19. The standard InChI is InChI=1S/C50H32N2/c1-3-15-37(16-4-1)47-42-21-11-12-22-43(42)48(44-30-29-35-14-9-10-20-41(35)49(44)47)46-32-45(51-50(52-46)38-17-5-2-6-18-38)36-26-23-34(24-27-36)40-28-25-33-13-7-8-19-39(33)31-40/h1-32H. The number of benzene rings is 9. The minimum Gasteiger partial charge on any atom is -0.228 e. The fourth-order valence-corrected chi connectivity index (χ4v) is 7.77. The van der Waals surface area contributed by atoms with Gasteiger partial charge in [-0.05, 0) is 77.5 Å². The fraction of sp³-hybridized carbons (Fsp3) is 0. The normalized spacial score (nSPS) is 11.5. The number of rotatable bonds is 5. The highest BCUT2D eigenvalue weighted by Crippen LogP contribution is 2.46. The molecule has 2 nitrogen and oxygen atoms in total. The van der Waals surface area contributed by atoms with Crippen LogP contribution >= 0.6 is 0 Å². The van der Waals surface area contributed by atoms with Gasteiger partial charge in [0.2, 0.25) is 0 Å². The van der Waals surface area contributed by atoms with Crippen molar-refractivity contribution >= 4 is 43.1 Å². The molecule has 1 aromatic heterocycles. The van der Waals surface area contributed by atoms with Gasteiger partial charge < -0.3 is 0 Å². The highest BCUT2D eigenvalue weighted by atomic mass is 14.9. The van der Waals surface area contributed by atoms with E-state index < -0.39 is 0 Å². The largest absolute Gasteiger partial charge is 0.228 e. The molecule has 0 amide bonds. The van der Waals surface area contributed by atoms with Gasteiger partial charge in [0.15, 0.2) is 5.82 Å². The molecule has 0 bridgehead atoms. The van der Waals surface area contributed by atoms with E-state index in [-0.39, 0.29) is 0 Å². The maximum Gasteiger partial charge on any atom is 0.160 e. The maximum atomic E-state index is 5.37. The molecule has 52 heavy (non-hydrogen) atoms. The summed E-state index contributed by atoms with van der Waals surface area (Å²) in [5, 5.41) is 9.71. The Hall–Kier alpha value is -6.90. The molecule has 0 aliphatic heterocycles. The molecule has 0 saturated heterocycles. The lowest BCUT2D eigenvalue weighted by Gasteiger charge is -2.19. The minimum atomic E-state index is 0.705.